The minimum atomic E-state index is -0.296. The molecule has 0 aromatic heterocycles. The number of carbonyl (C=O) groups excluding carboxylic acids is 2. The fourth-order valence-electron chi connectivity index (χ4n) is 2.76. The van der Waals surface area contributed by atoms with Gasteiger partial charge < -0.3 is 10.6 Å². The molecule has 2 N–H and O–H groups in total. The Bertz CT molecular complexity index is 767. The predicted octanol–water partition coefficient (Wildman–Crippen LogP) is 3.30. The third-order valence-corrected chi connectivity index (χ3v) is 5.14. The van der Waals surface area contributed by atoms with Gasteiger partial charge in [-0.25, -0.2) is 4.39 Å². The fraction of sp³-hybridized carbons (Fsp3) is 0.263. The molecule has 2 amide bonds. The van der Waals surface area contributed by atoms with Crippen molar-refractivity contribution in [2.75, 3.05) is 12.3 Å². The zero-order chi connectivity index (χ0) is 17.6. The van der Waals surface area contributed by atoms with Crippen molar-refractivity contribution in [1.29, 1.82) is 0 Å². The summed E-state index contributed by atoms with van der Waals surface area (Å²) in [6.45, 7) is 0.261. The molecule has 0 saturated heterocycles. The van der Waals surface area contributed by atoms with Crippen LogP contribution in [0.4, 0.5) is 4.39 Å². The lowest BCUT2D eigenvalue weighted by atomic mass is 10.0. The summed E-state index contributed by atoms with van der Waals surface area (Å²) in [5, 5.41) is 5.68. The van der Waals surface area contributed by atoms with Crippen LogP contribution in [0.3, 0.4) is 0 Å². The predicted molar refractivity (Wildman–Crippen MR) is 96.0 cm³/mol. The zero-order valence-corrected chi connectivity index (χ0v) is 14.4. The van der Waals surface area contributed by atoms with Crippen molar-refractivity contribution in [3.63, 3.8) is 0 Å². The highest BCUT2D eigenvalue weighted by Gasteiger charge is 2.22. The first kappa shape index (κ1) is 17.5. The topological polar surface area (TPSA) is 58.2 Å². The lowest BCUT2D eigenvalue weighted by molar-refractivity contribution is -0.121. The van der Waals surface area contributed by atoms with Crippen LogP contribution in [-0.2, 0) is 4.79 Å². The molecule has 130 valence electrons. The highest BCUT2D eigenvalue weighted by molar-refractivity contribution is 7.99. The molecule has 1 aliphatic rings. The van der Waals surface area contributed by atoms with Crippen LogP contribution in [0.15, 0.2) is 53.4 Å². The van der Waals surface area contributed by atoms with Crippen LogP contribution in [0.2, 0.25) is 0 Å². The van der Waals surface area contributed by atoms with Crippen molar-refractivity contribution in [1.82, 2.24) is 10.6 Å². The molecule has 0 saturated carbocycles. The molecule has 0 aliphatic carbocycles. The van der Waals surface area contributed by atoms with E-state index in [1.54, 1.807) is 42.1 Å². The number of rotatable bonds is 5. The number of hydrogen-bond acceptors (Lipinski definition) is 3. The van der Waals surface area contributed by atoms with E-state index in [9.17, 15) is 14.0 Å². The van der Waals surface area contributed by atoms with E-state index in [0.29, 0.717) is 5.56 Å². The molecule has 0 radical (unpaired) electrons. The Labute approximate surface area is 150 Å². The smallest absolute Gasteiger partial charge is 0.251 e. The second-order valence-corrected chi connectivity index (χ2v) is 6.95. The van der Waals surface area contributed by atoms with E-state index < -0.39 is 0 Å². The molecule has 2 aromatic rings. The molecule has 6 heteroatoms. The Morgan fingerprint density at radius 2 is 1.96 bits per heavy atom. The number of benzene rings is 2. The van der Waals surface area contributed by atoms with Gasteiger partial charge in [0.05, 0.1) is 6.04 Å². The molecule has 1 aliphatic heterocycles. The maximum absolute atomic E-state index is 13.5. The lowest BCUT2D eigenvalue weighted by Crippen LogP contribution is -2.34. The van der Waals surface area contributed by atoms with E-state index >= 15 is 0 Å². The molecule has 25 heavy (non-hydrogen) atoms. The van der Waals surface area contributed by atoms with Crippen molar-refractivity contribution in [2.45, 2.75) is 23.8 Å². The Morgan fingerprint density at radius 1 is 1.16 bits per heavy atom. The van der Waals surface area contributed by atoms with E-state index in [1.807, 2.05) is 6.07 Å². The molecule has 4 nitrogen and oxygen atoms in total. The van der Waals surface area contributed by atoms with Crippen molar-refractivity contribution in [3.8, 4) is 0 Å². The molecule has 0 bridgehead atoms. The normalized spacial score (nSPS) is 16.0. The first-order valence-corrected chi connectivity index (χ1v) is 9.17. The Balaban J connectivity index is 1.51. The maximum Gasteiger partial charge on any atom is 0.251 e. The minimum Gasteiger partial charge on any atom is -0.352 e. The van der Waals surface area contributed by atoms with Crippen LogP contribution < -0.4 is 10.6 Å². The van der Waals surface area contributed by atoms with Crippen molar-refractivity contribution in [3.05, 3.63) is 65.5 Å². The Morgan fingerprint density at radius 3 is 2.76 bits per heavy atom. The van der Waals surface area contributed by atoms with E-state index in [-0.39, 0.29) is 36.6 Å². The summed E-state index contributed by atoms with van der Waals surface area (Å²) < 4.78 is 13.5. The first-order valence-electron chi connectivity index (χ1n) is 8.18. The van der Waals surface area contributed by atoms with E-state index in [4.69, 9.17) is 0 Å². The molecule has 2 aromatic carbocycles. The van der Waals surface area contributed by atoms with Crippen molar-refractivity contribution in [2.24, 2.45) is 0 Å². The number of thioether (sulfide) groups is 1. The molecule has 0 unspecified atom stereocenters. The summed E-state index contributed by atoms with van der Waals surface area (Å²) in [5.74, 6) is 0.236. The van der Waals surface area contributed by atoms with E-state index in [0.717, 1.165) is 22.6 Å². The molecular formula is C19H19FN2O2S. The largest absolute Gasteiger partial charge is 0.352 e. The molecule has 1 atom stereocenters. The van der Waals surface area contributed by atoms with Gasteiger partial charge in [0.2, 0.25) is 5.91 Å². The van der Waals surface area contributed by atoms with Crippen LogP contribution >= 0.6 is 11.8 Å². The van der Waals surface area contributed by atoms with Gasteiger partial charge in [0.25, 0.3) is 5.91 Å². The summed E-state index contributed by atoms with van der Waals surface area (Å²) >= 11 is 1.67. The number of carbonyl (C=O) groups is 2. The second-order valence-electron chi connectivity index (χ2n) is 5.81. The first-order chi connectivity index (χ1) is 12.1. The summed E-state index contributed by atoms with van der Waals surface area (Å²) in [7, 11) is 0. The second kappa shape index (κ2) is 8.16. The minimum absolute atomic E-state index is 0.152. The number of fused-ring (bicyclic) bond motifs is 1. The van der Waals surface area contributed by atoms with Gasteiger partial charge in [-0.2, -0.15) is 0 Å². The molecule has 0 fully saturated rings. The fourth-order valence-corrected chi connectivity index (χ4v) is 3.87. The standard InChI is InChI=1S/C19H19FN2O2S/c20-14-6-7-17-15(12-14)16(9-11-25-17)22-18(23)8-10-21-19(24)13-4-2-1-3-5-13/h1-7,12,16H,8-11H2,(H,21,24)(H,22,23)/t16-/m0/s1. The van der Waals surface area contributed by atoms with Crippen LogP contribution in [0.5, 0.6) is 0 Å². The number of hydrogen-bond donors (Lipinski definition) is 2. The van der Waals surface area contributed by atoms with Gasteiger partial charge in [0, 0.05) is 29.2 Å². The maximum atomic E-state index is 13.5. The molecule has 1 heterocycles. The third kappa shape index (κ3) is 4.60. The van der Waals surface area contributed by atoms with E-state index in [1.165, 1.54) is 12.1 Å². The van der Waals surface area contributed by atoms with Gasteiger partial charge in [-0.15, -0.1) is 11.8 Å². The monoisotopic (exact) mass is 358 g/mol. The molecule has 0 spiro atoms. The SMILES string of the molecule is O=C(CCNC(=O)c1ccccc1)N[C@H]1CCSc2ccc(F)cc21. The van der Waals surface area contributed by atoms with Crippen molar-refractivity contribution < 1.29 is 14.0 Å². The van der Waals surface area contributed by atoms with Crippen LogP contribution in [-0.4, -0.2) is 24.1 Å². The summed E-state index contributed by atoms with van der Waals surface area (Å²) in [6, 6.07) is 13.4. The van der Waals surface area contributed by atoms with Crippen LogP contribution in [0.1, 0.15) is 34.8 Å². The Kier molecular flexibility index (Phi) is 5.71. The number of nitrogens with one attached hydrogen (secondary N) is 2. The average Bonchev–Trinajstić information content (AvgIpc) is 2.63. The zero-order valence-electron chi connectivity index (χ0n) is 13.6. The van der Waals surface area contributed by atoms with Gasteiger partial charge in [0.1, 0.15) is 5.82 Å². The van der Waals surface area contributed by atoms with Crippen molar-refractivity contribution >= 4 is 23.6 Å². The number of amides is 2. The van der Waals surface area contributed by atoms with E-state index in [2.05, 4.69) is 10.6 Å². The quantitative estimate of drug-likeness (QED) is 0.862. The van der Waals surface area contributed by atoms with Gasteiger partial charge in [0.15, 0.2) is 0 Å². The van der Waals surface area contributed by atoms with Gasteiger partial charge in [-0.05, 0) is 42.3 Å². The lowest BCUT2D eigenvalue weighted by Gasteiger charge is -2.26. The summed E-state index contributed by atoms with van der Waals surface area (Å²) in [4.78, 5) is 25.1. The van der Waals surface area contributed by atoms with Gasteiger partial charge in [-0.1, -0.05) is 18.2 Å². The summed E-state index contributed by atoms with van der Waals surface area (Å²) in [5.41, 5.74) is 1.40. The molecular weight excluding hydrogens is 339 g/mol. The third-order valence-electron chi connectivity index (χ3n) is 4.02. The Hall–Kier alpha value is -2.34. The molecule has 3 rings (SSSR count). The number of halogens is 1. The van der Waals surface area contributed by atoms with Crippen LogP contribution in [0.25, 0.3) is 0 Å². The highest BCUT2D eigenvalue weighted by atomic mass is 32.2. The van der Waals surface area contributed by atoms with Crippen LogP contribution in [0, 0.1) is 5.82 Å². The summed E-state index contributed by atoms with van der Waals surface area (Å²) in [6.07, 6.45) is 0.954. The average molecular weight is 358 g/mol. The van der Waals surface area contributed by atoms with Gasteiger partial charge >= 0.3 is 0 Å². The highest BCUT2D eigenvalue weighted by Crippen LogP contribution is 2.36. The van der Waals surface area contributed by atoms with Gasteiger partial charge in [-0.3, -0.25) is 9.59 Å².